The third kappa shape index (κ3) is 4.89. The molecule has 0 aliphatic carbocycles. The molecule has 3 heterocycles. The summed E-state index contributed by atoms with van der Waals surface area (Å²) in [5.74, 6) is 1.19. The molecule has 2 aliphatic heterocycles. The first kappa shape index (κ1) is 18.1. The molecule has 7 nitrogen and oxygen atoms in total. The van der Waals surface area contributed by atoms with Gasteiger partial charge in [0.2, 0.25) is 5.91 Å². The number of carbonyl (C=O) groups excluding carboxylic acids is 1. The van der Waals surface area contributed by atoms with Crippen LogP contribution in [0.15, 0.2) is 12.1 Å². The van der Waals surface area contributed by atoms with E-state index in [1.165, 1.54) is 0 Å². The van der Waals surface area contributed by atoms with Crippen LogP contribution in [-0.4, -0.2) is 84.9 Å². The van der Waals surface area contributed by atoms with E-state index in [1.54, 1.807) is 0 Å². The largest absolute Gasteiger partial charge is 0.378 e. The molecule has 0 saturated carbocycles. The Morgan fingerprint density at radius 3 is 2.80 bits per heavy atom. The molecule has 0 spiro atoms. The number of ether oxygens (including phenoxy) is 1. The molecule has 138 valence electrons. The number of hydrogen-bond acceptors (Lipinski definition) is 6. The van der Waals surface area contributed by atoms with Gasteiger partial charge in [0, 0.05) is 45.2 Å². The normalized spacial score (nSPS) is 21.6. The van der Waals surface area contributed by atoms with Crippen molar-refractivity contribution in [3.63, 3.8) is 0 Å². The lowest BCUT2D eigenvalue weighted by molar-refractivity contribution is -0.135. The van der Waals surface area contributed by atoms with Gasteiger partial charge in [0.1, 0.15) is 0 Å². The Kier molecular flexibility index (Phi) is 6.20. The lowest BCUT2D eigenvalue weighted by Crippen LogP contribution is -2.48. The highest BCUT2D eigenvalue weighted by molar-refractivity contribution is 5.76. The Morgan fingerprint density at radius 2 is 2.08 bits per heavy atom. The van der Waals surface area contributed by atoms with Crippen LogP contribution < -0.4 is 4.90 Å². The van der Waals surface area contributed by atoms with Crippen molar-refractivity contribution in [3.8, 4) is 0 Å². The third-order valence-electron chi connectivity index (χ3n) is 5.17. The predicted octanol–water partition coefficient (Wildman–Crippen LogP) is 0.935. The fourth-order valence-corrected chi connectivity index (χ4v) is 3.51. The lowest BCUT2D eigenvalue weighted by Gasteiger charge is -2.38. The molecule has 0 aromatic carbocycles. The summed E-state index contributed by atoms with van der Waals surface area (Å²) in [5.41, 5.74) is 0.941. The molecule has 2 aliphatic rings. The first-order valence-electron chi connectivity index (χ1n) is 9.24. The molecule has 2 fully saturated rings. The zero-order valence-electron chi connectivity index (χ0n) is 15.4. The minimum Gasteiger partial charge on any atom is -0.378 e. The number of aromatic nitrogens is 2. The number of morpholine rings is 1. The van der Waals surface area contributed by atoms with E-state index >= 15 is 0 Å². The summed E-state index contributed by atoms with van der Waals surface area (Å²) < 4.78 is 5.31. The Hall–Kier alpha value is -1.73. The molecular formula is C18H29N5O2. The van der Waals surface area contributed by atoms with Crippen LogP contribution in [-0.2, 0) is 9.53 Å². The van der Waals surface area contributed by atoms with Crippen molar-refractivity contribution in [2.45, 2.75) is 32.2 Å². The molecular weight excluding hydrogens is 318 g/mol. The summed E-state index contributed by atoms with van der Waals surface area (Å²) in [6.07, 6.45) is 2.89. The Labute approximate surface area is 149 Å². The average Bonchev–Trinajstić information content (AvgIpc) is 2.67. The summed E-state index contributed by atoms with van der Waals surface area (Å²) in [6, 6.07) is 4.51. The number of carbonyl (C=O) groups is 1. The van der Waals surface area contributed by atoms with Gasteiger partial charge in [-0.15, -0.1) is 5.10 Å². The van der Waals surface area contributed by atoms with Gasteiger partial charge in [-0.05, 0) is 38.9 Å². The minimum absolute atomic E-state index is 0.243. The highest BCUT2D eigenvalue weighted by Crippen LogP contribution is 2.20. The first-order chi connectivity index (χ1) is 12.1. The number of likely N-dealkylation sites (N-methyl/N-ethyl adjacent to an activating group) is 1. The highest BCUT2D eigenvalue weighted by atomic mass is 16.5. The van der Waals surface area contributed by atoms with Gasteiger partial charge < -0.3 is 19.4 Å². The van der Waals surface area contributed by atoms with Crippen LogP contribution in [0.2, 0.25) is 0 Å². The second kappa shape index (κ2) is 8.58. The number of nitrogens with zero attached hydrogens (tertiary/aromatic N) is 5. The van der Waals surface area contributed by atoms with E-state index in [-0.39, 0.29) is 5.91 Å². The Bertz CT molecular complexity index is 559. The molecule has 1 atom stereocenters. The molecule has 0 radical (unpaired) electrons. The van der Waals surface area contributed by atoms with Crippen LogP contribution in [0.4, 0.5) is 5.82 Å². The highest BCUT2D eigenvalue weighted by Gasteiger charge is 2.25. The van der Waals surface area contributed by atoms with Gasteiger partial charge in [0.05, 0.1) is 18.9 Å². The van der Waals surface area contributed by atoms with Crippen molar-refractivity contribution >= 4 is 11.7 Å². The standard InChI is InChI=1S/C18H29N5O2/c1-15-5-6-17(20-19-15)23-8-3-4-16(14-23)21(2)9-7-18(24)22-10-12-25-13-11-22/h5-6,16H,3-4,7-14H2,1-2H3/t16-/m0/s1. The molecule has 1 amide bonds. The van der Waals surface area contributed by atoms with Crippen LogP contribution in [0.3, 0.4) is 0 Å². The number of rotatable bonds is 5. The van der Waals surface area contributed by atoms with E-state index in [2.05, 4.69) is 27.0 Å². The van der Waals surface area contributed by atoms with Crippen LogP contribution >= 0.6 is 0 Å². The maximum absolute atomic E-state index is 12.3. The van der Waals surface area contributed by atoms with Crippen molar-refractivity contribution in [1.82, 2.24) is 20.0 Å². The molecule has 3 rings (SSSR count). The summed E-state index contributed by atoms with van der Waals surface area (Å²) >= 11 is 0. The predicted molar refractivity (Wildman–Crippen MR) is 96.7 cm³/mol. The zero-order chi connectivity index (χ0) is 17.6. The second-order valence-electron chi connectivity index (χ2n) is 7.00. The summed E-state index contributed by atoms with van der Waals surface area (Å²) in [7, 11) is 2.13. The van der Waals surface area contributed by atoms with E-state index in [4.69, 9.17) is 4.74 Å². The van der Waals surface area contributed by atoms with Crippen molar-refractivity contribution in [2.75, 3.05) is 57.9 Å². The molecule has 2 saturated heterocycles. The molecule has 0 unspecified atom stereocenters. The van der Waals surface area contributed by atoms with Gasteiger partial charge in [-0.3, -0.25) is 4.79 Å². The second-order valence-corrected chi connectivity index (χ2v) is 7.00. The average molecular weight is 347 g/mol. The smallest absolute Gasteiger partial charge is 0.224 e. The van der Waals surface area contributed by atoms with E-state index in [9.17, 15) is 4.79 Å². The number of hydrogen-bond donors (Lipinski definition) is 0. The Morgan fingerprint density at radius 1 is 1.28 bits per heavy atom. The van der Waals surface area contributed by atoms with Gasteiger partial charge in [-0.25, -0.2) is 0 Å². The fourth-order valence-electron chi connectivity index (χ4n) is 3.51. The molecule has 1 aromatic rings. The van der Waals surface area contributed by atoms with Crippen molar-refractivity contribution in [3.05, 3.63) is 17.8 Å². The minimum atomic E-state index is 0.243. The van der Waals surface area contributed by atoms with Gasteiger partial charge in [0.15, 0.2) is 5.82 Å². The molecule has 7 heteroatoms. The number of anilines is 1. The van der Waals surface area contributed by atoms with E-state index in [0.29, 0.717) is 25.7 Å². The maximum atomic E-state index is 12.3. The molecule has 25 heavy (non-hydrogen) atoms. The van der Waals surface area contributed by atoms with Gasteiger partial charge >= 0.3 is 0 Å². The summed E-state index contributed by atoms with van der Waals surface area (Å²) in [6.45, 7) is 7.50. The first-order valence-corrected chi connectivity index (χ1v) is 9.24. The van der Waals surface area contributed by atoms with Crippen LogP contribution in [0.5, 0.6) is 0 Å². The molecule has 0 N–H and O–H groups in total. The van der Waals surface area contributed by atoms with E-state index < -0.39 is 0 Å². The summed E-state index contributed by atoms with van der Waals surface area (Å²) in [4.78, 5) is 18.9. The number of amides is 1. The van der Waals surface area contributed by atoms with Gasteiger partial charge in [0.25, 0.3) is 0 Å². The van der Waals surface area contributed by atoms with Crippen LogP contribution in [0.25, 0.3) is 0 Å². The third-order valence-corrected chi connectivity index (χ3v) is 5.17. The van der Waals surface area contributed by atoms with Gasteiger partial charge in [-0.2, -0.15) is 5.10 Å². The molecule has 1 aromatic heterocycles. The molecule has 0 bridgehead atoms. The van der Waals surface area contributed by atoms with Crippen LogP contribution in [0, 0.1) is 6.92 Å². The lowest BCUT2D eigenvalue weighted by atomic mass is 10.0. The van der Waals surface area contributed by atoms with Gasteiger partial charge in [-0.1, -0.05) is 0 Å². The topological polar surface area (TPSA) is 61.8 Å². The number of piperidine rings is 1. The zero-order valence-corrected chi connectivity index (χ0v) is 15.4. The van der Waals surface area contributed by atoms with Crippen LogP contribution in [0.1, 0.15) is 25.0 Å². The van der Waals surface area contributed by atoms with Crippen molar-refractivity contribution in [1.29, 1.82) is 0 Å². The summed E-state index contributed by atoms with van der Waals surface area (Å²) in [5, 5.41) is 8.49. The quantitative estimate of drug-likeness (QED) is 0.790. The SMILES string of the molecule is Cc1ccc(N2CCC[C@H](N(C)CCC(=O)N3CCOCC3)C2)nn1. The monoisotopic (exact) mass is 347 g/mol. The maximum Gasteiger partial charge on any atom is 0.224 e. The van der Waals surface area contributed by atoms with Crippen molar-refractivity contribution < 1.29 is 9.53 Å². The Balaban J connectivity index is 1.48. The number of aryl methyl sites for hydroxylation is 1. The van der Waals surface area contributed by atoms with E-state index in [0.717, 1.165) is 57.1 Å². The van der Waals surface area contributed by atoms with E-state index in [1.807, 2.05) is 24.0 Å². The fraction of sp³-hybridized carbons (Fsp3) is 0.722. The van der Waals surface area contributed by atoms with Crippen molar-refractivity contribution in [2.24, 2.45) is 0 Å².